The summed E-state index contributed by atoms with van der Waals surface area (Å²) in [7, 11) is 0. The number of hydrogen-bond donors (Lipinski definition) is 1. The van der Waals surface area contributed by atoms with Crippen LogP contribution >= 0.6 is 11.3 Å². The van der Waals surface area contributed by atoms with Gasteiger partial charge in [-0.15, -0.1) is 11.3 Å². The van der Waals surface area contributed by atoms with Gasteiger partial charge in [0.2, 0.25) is 11.3 Å². The van der Waals surface area contributed by atoms with Crippen molar-refractivity contribution in [2.75, 3.05) is 23.3 Å². The Labute approximate surface area is 125 Å². The fourth-order valence-electron chi connectivity index (χ4n) is 2.48. The second-order valence-corrected chi connectivity index (χ2v) is 5.97. The Morgan fingerprint density at radius 3 is 2.76 bits per heavy atom. The monoisotopic (exact) mass is 302 g/mol. The molecule has 1 aliphatic heterocycles. The number of nitrogens with one attached hydrogen (secondary N) is 1. The van der Waals surface area contributed by atoms with Gasteiger partial charge in [-0.3, -0.25) is 0 Å². The zero-order chi connectivity index (χ0) is 14.1. The average molecular weight is 302 g/mol. The average Bonchev–Trinajstić information content (AvgIpc) is 3.24. The van der Waals surface area contributed by atoms with Gasteiger partial charge in [-0.25, -0.2) is 14.6 Å². The third kappa shape index (κ3) is 2.42. The summed E-state index contributed by atoms with van der Waals surface area (Å²) in [6, 6.07) is 4.14. The maximum atomic E-state index is 4.72. The molecule has 0 amide bonds. The highest BCUT2D eigenvalue weighted by Gasteiger charge is 2.21. The highest BCUT2D eigenvalue weighted by atomic mass is 32.1. The SMILES string of the molecule is c1csc(CNc2nc3nonc3nc2N2CCCC2)c1. The van der Waals surface area contributed by atoms with Crippen LogP contribution < -0.4 is 10.2 Å². The highest BCUT2D eigenvalue weighted by Crippen LogP contribution is 2.27. The number of aromatic nitrogens is 4. The fourth-order valence-corrected chi connectivity index (χ4v) is 3.13. The summed E-state index contributed by atoms with van der Waals surface area (Å²) in [5, 5.41) is 13.0. The molecule has 7 nitrogen and oxygen atoms in total. The first kappa shape index (κ1) is 12.5. The fraction of sp³-hybridized carbons (Fsp3) is 0.385. The third-order valence-electron chi connectivity index (χ3n) is 3.51. The van der Waals surface area contributed by atoms with Crippen LogP contribution in [0.2, 0.25) is 0 Å². The first-order valence-electron chi connectivity index (χ1n) is 6.92. The zero-order valence-corrected chi connectivity index (χ0v) is 12.1. The molecule has 4 rings (SSSR count). The maximum Gasteiger partial charge on any atom is 0.245 e. The van der Waals surface area contributed by atoms with Crippen molar-refractivity contribution in [3.8, 4) is 0 Å². The Kier molecular flexibility index (Phi) is 3.15. The van der Waals surface area contributed by atoms with E-state index in [1.165, 1.54) is 17.7 Å². The number of nitrogens with zero attached hydrogens (tertiary/aromatic N) is 5. The summed E-state index contributed by atoms with van der Waals surface area (Å²) in [5.74, 6) is 1.58. The normalized spacial score (nSPS) is 15.0. The van der Waals surface area contributed by atoms with Gasteiger partial charge in [-0.05, 0) is 34.6 Å². The van der Waals surface area contributed by atoms with Gasteiger partial charge in [0.15, 0.2) is 11.6 Å². The highest BCUT2D eigenvalue weighted by molar-refractivity contribution is 7.09. The first-order chi connectivity index (χ1) is 10.4. The molecule has 1 saturated heterocycles. The lowest BCUT2D eigenvalue weighted by molar-refractivity contribution is 0.314. The van der Waals surface area contributed by atoms with Crippen LogP contribution in [0.25, 0.3) is 11.3 Å². The van der Waals surface area contributed by atoms with E-state index in [1.807, 2.05) is 6.07 Å². The first-order valence-corrected chi connectivity index (χ1v) is 7.79. The molecule has 108 valence electrons. The molecule has 1 N–H and O–H groups in total. The van der Waals surface area contributed by atoms with Gasteiger partial charge in [0, 0.05) is 18.0 Å². The van der Waals surface area contributed by atoms with E-state index in [0.29, 0.717) is 11.3 Å². The minimum atomic E-state index is 0.437. The molecule has 4 heterocycles. The second kappa shape index (κ2) is 5.28. The minimum absolute atomic E-state index is 0.437. The van der Waals surface area contributed by atoms with E-state index in [2.05, 4.69) is 41.9 Å². The predicted molar refractivity (Wildman–Crippen MR) is 80.5 cm³/mol. The molecule has 3 aromatic heterocycles. The van der Waals surface area contributed by atoms with Gasteiger partial charge in [-0.2, -0.15) is 0 Å². The van der Waals surface area contributed by atoms with E-state index in [1.54, 1.807) is 11.3 Å². The molecule has 21 heavy (non-hydrogen) atoms. The third-order valence-corrected chi connectivity index (χ3v) is 4.39. The van der Waals surface area contributed by atoms with Crippen molar-refractivity contribution < 1.29 is 4.63 Å². The van der Waals surface area contributed by atoms with Crippen LogP contribution in [0.4, 0.5) is 11.6 Å². The number of thiophene rings is 1. The van der Waals surface area contributed by atoms with Crippen LogP contribution in [0, 0.1) is 0 Å². The lowest BCUT2D eigenvalue weighted by Crippen LogP contribution is -2.21. The van der Waals surface area contributed by atoms with E-state index in [-0.39, 0.29) is 0 Å². The van der Waals surface area contributed by atoms with Crippen LogP contribution in [0.5, 0.6) is 0 Å². The van der Waals surface area contributed by atoms with Gasteiger partial charge in [0.05, 0.1) is 6.54 Å². The van der Waals surface area contributed by atoms with Crippen LogP contribution in [0.3, 0.4) is 0 Å². The van der Waals surface area contributed by atoms with Crippen molar-refractivity contribution in [2.45, 2.75) is 19.4 Å². The van der Waals surface area contributed by atoms with Crippen LogP contribution in [0.15, 0.2) is 22.1 Å². The van der Waals surface area contributed by atoms with Crippen molar-refractivity contribution in [3.63, 3.8) is 0 Å². The van der Waals surface area contributed by atoms with Crippen molar-refractivity contribution in [3.05, 3.63) is 22.4 Å². The second-order valence-electron chi connectivity index (χ2n) is 4.93. The largest absolute Gasteiger partial charge is 0.362 e. The van der Waals surface area contributed by atoms with Gasteiger partial charge >= 0.3 is 0 Å². The summed E-state index contributed by atoms with van der Waals surface area (Å²) in [4.78, 5) is 12.5. The van der Waals surface area contributed by atoms with Crippen molar-refractivity contribution >= 4 is 34.3 Å². The van der Waals surface area contributed by atoms with Crippen molar-refractivity contribution in [1.29, 1.82) is 0 Å². The van der Waals surface area contributed by atoms with Crippen molar-refractivity contribution in [1.82, 2.24) is 20.3 Å². The van der Waals surface area contributed by atoms with Crippen LogP contribution in [-0.4, -0.2) is 33.4 Å². The maximum absolute atomic E-state index is 4.72. The summed E-state index contributed by atoms with van der Waals surface area (Å²) >= 11 is 1.71. The Hall–Kier alpha value is -2.22. The Balaban J connectivity index is 1.68. The van der Waals surface area contributed by atoms with E-state index >= 15 is 0 Å². The standard InChI is InChI=1S/C13H14N6OS/c1-2-6-19(5-1)13-12(14-8-9-4-3-7-21-9)15-10-11(16-13)18-20-17-10/h3-4,7H,1-2,5-6,8H2,(H,14,15,17). The predicted octanol–water partition coefficient (Wildman–Crippen LogP) is 2.29. The molecule has 0 aromatic carbocycles. The van der Waals surface area contributed by atoms with E-state index in [4.69, 9.17) is 4.63 Å². The number of fused-ring (bicyclic) bond motifs is 1. The van der Waals surface area contributed by atoms with Gasteiger partial charge in [0.1, 0.15) is 0 Å². The molecular formula is C13H14N6OS. The Bertz CT molecular complexity index is 734. The molecule has 0 radical (unpaired) electrons. The van der Waals surface area contributed by atoms with E-state index in [9.17, 15) is 0 Å². The molecule has 8 heteroatoms. The molecular weight excluding hydrogens is 288 g/mol. The Morgan fingerprint density at radius 2 is 2.00 bits per heavy atom. The zero-order valence-electron chi connectivity index (χ0n) is 11.3. The molecule has 3 aromatic rings. The Morgan fingerprint density at radius 1 is 1.19 bits per heavy atom. The summed E-state index contributed by atoms with van der Waals surface area (Å²) in [5.41, 5.74) is 0.894. The van der Waals surface area contributed by atoms with Crippen LogP contribution in [-0.2, 0) is 6.54 Å². The molecule has 0 bridgehead atoms. The minimum Gasteiger partial charge on any atom is -0.362 e. The smallest absolute Gasteiger partial charge is 0.245 e. The van der Waals surface area contributed by atoms with Gasteiger partial charge in [-0.1, -0.05) is 6.07 Å². The molecule has 1 aliphatic rings. The molecule has 1 fully saturated rings. The lowest BCUT2D eigenvalue weighted by atomic mass is 10.4. The lowest BCUT2D eigenvalue weighted by Gasteiger charge is -2.19. The molecule has 0 spiro atoms. The quantitative estimate of drug-likeness (QED) is 0.792. The van der Waals surface area contributed by atoms with Crippen LogP contribution in [0.1, 0.15) is 17.7 Å². The topological polar surface area (TPSA) is 80.0 Å². The van der Waals surface area contributed by atoms with Gasteiger partial charge in [0.25, 0.3) is 0 Å². The summed E-state index contributed by atoms with van der Waals surface area (Å²) in [6.45, 7) is 2.72. The van der Waals surface area contributed by atoms with Gasteiger partial charge < -0.3 is 10.2 Å². The number of rotatable bonds is 4. The van der Waals surface area contributed by atoms with E-state index in [0.717, 1.165) is 31.3 Å². The number of anilines is 2. The molecule has 0 atom stereocenters. The summed E-state index contributed by atoms with van der Waals surface area (Å²) < 4.78 is 4.72. The molecule has 0 saturated carbocycles. The van der Waals surface area contributed by atoms with Crippen molar-refractivity contribution in [2.24, 2.45) is 0 Å². The van der Waals surface area contributed by atoms with E-state index < -0.39 is 0 Å². The molecule has 0 unspecified atom stereocenters. The number of hydrogen-bond acceptors (Lipinski definition) is 8. The molecule has 0 aliphatic carbocycles. The summed E-state index contributed by atoms with van der Waals surface area (Å²) in [6.07, 6.45) is 2.36.